The summed E-state index contributed by atoms with van der Waals surface area (Å²) in [5, 5.41) is 4.03. The lowest BCUT2D eigenvalue weighted by Gasteiger charge is -2.29. The molecule has 102 valence electrons. The van der Waals surface area contributed by atoms with Crippen LogP contribution in [0.3, 0.4) is 0 Å². The van der Waals surface area contributed by atoms with E-state index in [1.165, 1.54) is 24.5 Å². The quantitative estimate of drug-likeness (QED) is 0.830. The fourth-order valence-corrected chi connectivity index (χ4v) is 4.06. The summed E-state index contributed by atoms with van der Waals surface area (Å²) in [5.41, 5.74) is 1.20. The molecule has 0 bridgehead atoms. The second-order valence-corrected chi connectivity index (χ2v) is 7.13. The third-order valence-corrected chi connectivity index (χ3v) is 5.24. The van der Waals surface area contributed by atoms with Gasteiger partial charge in [-0.25, -0.2) is 4.98 Å². The van der Waals surface area contributed by atoms with Gasteiger partial charge in [0, 0.05) is 42.6 Å². The zero-order chi connectivity index (χ0) is 13.0. The summed E-state index contributed by atoms with van der Waals surface area (Å²) in [6, 6.07) is 0. The molecule has 1 aliphatic heterocycles. The lowest BCUT2D eigenvalue weighted by atomic mass is 10.3. The van der Waals surface area contributed by atoms with Crippen molar-refractivity contribution in [1.29, 1.82) is 0 Å². The highest BCUT2D eigenvalue weighted by Gasteiger charge is 2.18. The van der Waals surface area contributed by atoms with E-state index < -0.39 is 0 Å². The second kappa shape index (κ2) is 6.89. The zero-order valence-corrected chi connectivity index (χ0v) is 13.0. The highest BCUT2D eigenvalue weighted by atomic mass is 32.2. The van der Waals surface area contributed by atoms with E-state index in [-0.39, 0.29) is 6.10 Å². The van der Waals surface area contributed by atoms with Crippen molar-refractivity contribution in [2.75, 3.05) is 25.4 Å². The summed E-state index contributed by atoms with van der Waals surface area (Å²) in [6.45, 7) is 10.5. The molecule has 0 N–H and O–H groups in total. The van der Waals surface area contributed by atoms with Crippen LogP contribution in [0, 0.1) is 0 Å². The van der Waals surface area contributed by atoms with Crippen molar-refractivity contribution >= 4 is 23.1 Å². The molecule has 0 saturated carbocycles. The highest BCUT2D eigenvalue weighted by molar-refractivity contribution is 7.99. The summed E-state index contributed by atoms with van der Waals surface area (Å²) in [7, 11) is 0. The molecule has 0 spiro atoms. The predicted octanol–water partition coefficient (Wildman–Crippen LogP) is 3.18. The topological polar surface area (TPSA) is 25.4 Å². The number of hydrogen-bond donors (Lipinski definition) is 0. The van der Waals surface area contributed by atoms with Crippen LogP contribution in [-0.2, 0) is 11.3 Å². The molecule has 0 radical (unpaired) electrons. The first-order valence-corrected chi connectivity index (χ1v) is 8.51. The number of nitrogens with zero attached hydrogens (tertiary/aromatic N) is 2. The Kier molecular flexibility index (Phi) is 5.48. The summed E-state index contributed by atoms with van der Waals surface area (Å²) in [6.07, 6.45) is 0.129. The standard InChI is InChI=1S/C13H22N2OS2/c1-4-16-11(3)13-14-12(9-18-13)8-15-5-6-17-10(2)7-15/h9-11H,4-8H2,1-3H3/t10-,11+/m0/s1. The van der Waals surface area contributed by atoms with Crippen molar-refractivity contribution in [3.8, 4) is 0 Å². The number of hydrogen-bond acceptors (Lipinski definition) is 5. The van der Waals surface area contributed by atoms with Gasteiger partial charge in [0.15, 0.2) is 0 Å². The number of thioether (sulfide) groups is 1. The van der Waals surface area contributed by atoms with Gasteiger partial charge >= 0.3 is 0 Å². The highest BCUT2D eigenvalue weighted by Crippen LogP contribution is 2.23. The van der Waals surface area contributed by atoms with Gasteiger partial charge in [0.05, 0.1) is 5.69 Å². The third-order valence-electron chi connectivity index (χ3n) is 3.04. The molecule has 2 heterocycles. The van der Waals surface area contributed by atoms with E-state index in [4.69, 9.17) is 9.72 Å². The maximum Gasteiger partial charge on any atom is 0.122 e. The molecule has 18 heavy (non-hydrogen) atoms. The van der Waals surface area contributed by atoms with Crippen molar-refractivity contribution in [3.63, 3.8) is 0 Å². The first-order chi connectivity index (χ1) is 8.69. The van der Waals surface area contributed by atoms with Crippen LogP contribution in [0.4, 0.5) is 0 Å². The summed E-state index contributed by atoms with van der Waals surface area (Å²) >= 11 is 3.79. The molecule has 2 rings (SSSR count). The normalized spacial score (nSPS) is 23.2. The van der Waals surface area contributed by atoms with Crippen LogP contribution in [0.2, 0.25) is 0 Å². The molecule has 5 heteroatoms. The SMILES string of the molecule is CCO[C@H](C)c1nc(CN2CCS[C@@H](C)C2)cs1. The number of thiazole rings is 1. The largest absolute Gasteiger partial charge is 0.372 e. The molecular weight excluding hydrogens is 264 g/mol. The zero-order valence-electron chi connectivity index (χ0n) is 11.4. The van der Waals surface area contributed by atoms with Crippen LogP contribution in [-0.4, -0.2) is 40.6 Å². The van der Waals surface area contributed by atoms with Gasteiger partial charge in [0.25, 0.3) is 0 Å². The Morgan fingerprint density at radius 3 is 3.17 bits per heavy atom. The molecule has 1 aliphatic rings. The lowest BCUT2D eigenvalue weighted by Crippen LogP contribution is -2.36. The Balaban J connectivity index is 1.89. The van der Waals surface area contributed by atoms with E-state index in [2.05, 4.69) is 35.9 Å². The smallest absolute Gasteiger partial charge is 0.122 e. The number of ether oxygens (including phenoxy) is 1. The monoisotopic (exact) mass is 286 g/mol. The number of aromatic nitrogens is 1. The van der Waals surface area contributed by atoms with Crippen molar-refractivity contribution < 1.29 is 4.74 Å². The summed E-state index contributed by atoms with van der Waals surface area (Å²) < 4.78 is 5.58. The Hall–Kier alpha value is -0.100. The second-order valence-electron chi connectivity index (χ2n) is 4.69. The minimum atomic E-state index is 0.129. The molecule has 0 unspecified atom stereocenters. The Morgan fingerprint density at radius 1 is 1.61 bits per heavy atom. The molecule has 0 aliphatic carbocycles. The van der Waals surface area contributed by atoms with E-state index in [0.29, 0.717) is 0 Å². The van der Waals surface area contributed by atoms with E-state index in [9.17, 15) is 0 Å². The summed E-state index contributed by atoms with van der Waals surface area (Å²) in [5.74, 6) is 1.24. The van der Waals surface area contributed by atoms with Crippen LogP contribution in [0.15, 0.2) is 5.38 Å². The minimum Gasteiger partial charge on any atom is -0.372 e. The average Bonchev–Trinajstić information content (AvgIpc) is 2.78. The summed E-state index contributed by atoms with van der Waals surface area (Å²) in [4.78, 5) is 7.20. The first kappa shape index (κ1) is 14.3. The van der Waals surface area contributed by atoms with Gasteiger partial charge in [0.2, 0.25) is 0 Å². The van der Waals surface area contributed by atoms with E-state index in [1.807, 2.05) is 6.92 Å². The lowest BCUT2D eigenvalue weighted by molar-refractivity contribution is 0.0760. The van der Waals surface area contributed by atoms with Crippen LogP contribution in [0.25, 0.3) is 0 Å². The van der Waals surface area contributed by atoms with Gasteiger partial charge in [-0.05, 0) is 13.8 Å². The average molecular weight is 286 g/mol. The maximum absolute atomic E-state index is 5.58. The first-order valence-electron chi connectivity index (χ1n) is 6.59. The fraction of sp³-hybridized carbons (Fsp3) is 0.769. The van der Waals surface area contributed by atoms with Gasteiger partial charge in [-0.1, -0.05) is 6.92 Å². The van der Waals surface area contributed by atoms with Crippen molar-refractivity contribution in [3.05, 3.63) is 16.1 Å². The van der Waals surface area contributed by atoms with Crippen LogP contribution < -0.4 is 0 Å². The van der Waals surface area contributed by atoms with Crippen LogP contribution in [0.1, 0.15) is 37.6 Å². The Labute approximate surface area is 118 Å². The van der Waals surface area contributed by atoms with Gasteiger partial charge in [0.1, 0.15) is 11.1 Å². The maximum atomic E-state index is 5.58. The molecule has 3 nitrogen and oxygen atoms in total. The van der Waals surface area contributed by atoms with Gasteiger partial charge < -0.3 is 4.74 Å². The van der Waals surface area contributed by atoms with E-state index in [0.717, 1.165) is 23.4 Å². The van der Waals surface area contributed by atoms with Crippen LogP contribution >= 0.6 is 23.1 Å². The Bertz CT molecular complexity index is 370. The van der Waals surface area contributed by atoms with E-state index in [1.54, 1.807) is 11.3 Å². The van der Waals surface area contributed by atoms with E-state index >= 15 is 0 Å². The van der Waals surface area contributed by atoms with Crippen LogP contribution in [0.5, 0.6) is 0 Å². The van der Waals surface area contributed by atoms with Crippen molar-refractivity contribution in [1.82, 2.24) is 9.88 Å². The van der Waals surface area contributed by atoms with Gasteiger partial charge in [-0.3, -0.25) is 4.90 Å². The Morgan fingerprint density at radius 2 is 2.44 bits per heavy atom. The van der Waals surface area contributed by atoms with Crippen molar-refractivity contribution in [2.45, 2.75) is 38.7 Å². The predicted molar refractivity (Wildman–Crippen MR) is 79.4 cm³/mol. The molecule has 0 amide bonds. The molecule has 0 aromatic carbocycles. The molecule has 1 aromatic heterocycles. The molecule has 1 saturated heterocycles. The molecule has 1 fully saturated rings. The van der Waals surface area contributed by atoms with Gasteiger partial charge in [-0.15, -0.1) is 11.3 Å². The van der Waals surface area contributed by atoms with Gasteiger partial charge in [-0.2, -0.15) is 11.8 Å². The van der Waals surface area contributed by atoms with Crippen molar-refractivity contribution in [2.24, 2.45) is 0 Å². The third kappa shape index (κ3) is 3.95. The molecule has 1 aromatic rings. The number of rotatable bonds is 5. The molecular formula is C13H22N2OS2. The molecule has 2 atom stereocenters. The minimum absolute atomic E-state index is 0.129. The fourth-order valence-electron chi connectivity index (χ4n) is 2.17.